The van der Waals surface area contributed by atoms with Gasteiger partial charge in [0.05, 0.1) is 23.4 Å². The molecular formula is C18H20ClN3O3. The standard InChI is InChI=1S/C18H20ClN3O3/c19-16-10-13(21-18(24)22-9-3-5-15(22)11-23)6-7-17(16)25-12-14-4-1-2-8-20-14/h1-2,4,6-8,10,15,23H,3,5,9,11-12H2,(H,21,24)/t15-/m0/s1. The highest BCUT2D eigenvalue weighted by Gasteiger charge is 2.28. The third kappa shape index (κ3) is 4.41. The Morgan fingerprint density at radius 3 is 3.00 bits per heavy atom. The Bertz CT molecular complexity index is 727. The highest BCUT2D eigenvalue weighted by atomic mass is 35.5. The molecule has 25 heavy (non-hydrogen) atoms. The van der Waals surface area contributed by atoms with Gasteiger partial charge < -0.3 is 20.1 Å². The molecule has 1 aromatic heterocycles. The Balaban J connectivity index is 1.60. The molecule has 7 heteroatoms. The van der Waals surface area contributed by atoms with E-state index in [1.165, 1.54) is 0 Å². The van der Waals surface area contributed by atoms with Crippen molar-refractivity contribution in [2.75, 3.05) is 18.5 Å². The number of pyridine rings is 1. The molecule has 2 aromatic rings. The van der Waals surface area contributed by atoms with Crippen LogP contribution in [0.15, 0.2) is 42.6 Å². The second-order valence-corrected chi connectivity index (χ2v) is 6.26. The lowest BCUT2D eigenvalue weighted by Gasteiger charge is -2.23. The molecule has 0 radical (unpaired) electrons. The van der Waals surface area contributed by atoms with Gasteiger partial charge in [0, 0.05) is 18.4 Å². The van der Waals surface area contributed by atoms with Gasteiger partial charge in [-0.1, -0.05) is 17.7 Å². The Morgan fingerprint density at radius 2 is 2.28 bits per heavy atom. The number of rotatable bonds is 5. The molecular weight excluding hydrogens is 342 g/mol. The van der Waals surface area contributed by atoms with Crippen LogP contribution < -0.4 is 10.1 Å². The number of aliphatic hydroxyl groups is 1. The van der Waals surface area contributed by atoms with Crippen LogP contribution in [0, 0.1) is 0 Å². The van der Waals surface area contributed by atoms with Gasteiger partial charge in [-0.3, -0.25) is 4.98 Å². The fraction of sp³-hybridized carbons (Fsp3) is 0.333. The van der Waals surface area contributed by atoms with Crippen molar-refractivity contribution in [3.05, 3.63) is 53.3 Å². The first-order valence-corrected chi connectivity index (χ1v) is 8.56. The molecule has 6 nitrogen and oxygen atoms in total. The zero-order valence-corrected chi connectivity index (χ0v) is 14.4. The number of urea groups is 1. The average Bonchev–Trinajstić information content (AvgIpc) is 3.11. The number of ether oxygens (including phenoxy) is 1. The van der Waals surface area contributed by atoms with Gasteiger partial charge in [0.25, 0.3) is 0 Å². The van der Waals surface area contributed by atoms with Crippen LogP contribution in [0.1, 0.15) is 18.5 Å². The number of nitrogens with zero attached hydrogens (tertiary/aromatic N) is 2. The summed E-state index contributed by atoms with van der Waals surface area (Å²) in [6.07, 6.45) is 3.43. The minimum atomic E-state index is -0.227. The molecule has 1 aliphatic heterocycles. The summed E-state index contributed by atoms with van der Waals surface area (Å²) in [6.45, 7) is 0.947. The van der Waals surface area contributed by atoms with E-state index in [2.05, 4.69) is 10.3 Å². The van der Waals surface area contributed by atoms with E-state index in [-0.39, 0.29) is 18.7 Å². The van der Waals surface area contributed by atoms with E-state index in [0.29, 0.717) is 29.6 Å². The maximum atomic E-state index is 12.3. The molecule has 0 spiro atoms. The number of aliphatic hydroxyl groups excluding tert-OH is 1. The van der Waals surface area contributed by atoms with Crippen molar-refractivity contribution in [2.24, 2.45) is 0 Å². The minimum Gasteiger partial charge on any atom is -0.486 e. The van der Waals surface area contributed by atoms with Gasteiger partial charge in [0.1, 0.15) is 12.4 Å². The quantitative estimate of drug-likeness (QED) is 0.856. The number of likely N-dealkylation sites (tertiary alicyclic amines) is 1. The van der Waals surface area contributed by atoms with E-state index in [0.717, 1.165) is 18.5 Å². The summed E-state index contributed by atoms with van der Waals surface area (Å²) < 4.78 is 5.67. The highest BCUT2D eigenvalue weighted by Crippen LogP contribution is 2.29. The second-order valence-electron chi connectivity index (χ2n) is 5.86. The van der Waals surface area contributed by atoms with Crippen molar-refractivity contribution >= 4 is 23.3 Å². The molecule has 3 rings (SSSR count). The molecule has 0 bridgehead atoms. The number of hydrogen-bond acceptors (Lipinski definition) is 4. The number of hydrogen-bond donors (Lipinski definition) is 2. The average molecular weight is 362 g/mol. The van der Waals surface area contributed by atoms with Crippen LogP contribution in [0.2, 0.25) is 5.02 Å². The molecule has 132 valence electrons. The van der Waals surface area contributed by atoms with Crippen LogP contribution in [0.5, 0.6) is 5.75 Å². The van der Waals surface area contributed by atoms with Gasteiger partial charge in [0.2, 0.25) is 0 Å². The zero-order chi connectivity index (χ0) is 17.6. The fourth-order valence-electron chi connectivity index (χ4n) is 2.82. The summed E-state index contributed by atoms with van der Waals surface area (Å²) in [7, 11) is 0. The van der Waals surface area contributed by atoms with E-state index >= 15 is 0 Å². The lowest BCUT2D eigenvalue weighted by molar-refractivity contribution is 0.166. The molecule has 0 aliphatic carbocycles. The van der Waals surface area contributed by atoms with Crippen molar-refractivity contribution in [3.8, 4) is 5.75 Å². The van der Waals surface area contributed by atoms with Crippen molar-refractivity contribution < 1.29 is 14.6 Å². The number of amides is 2. The molecule has 2 N–H and O–H groups in total. The van der Waals surface area contributed by atoms with Gasteiger partial charge >= 0.3 is 6.03 Å². The lowest BCUT2D eigenvalue weighted by Crippen LogP contribution is -2.40. The maximum Gasteiger partial charge on any atom is 0.322 e. The molecule has 2 heterocycles. The normalized spacial score (nSPS) is 16.7. The predicted octanol–water partition coefficient (Wildman–Crippen LogP) is 3.30. The first kappa shape index (κ1) is 17.5. The Labute approximate surface area is 151 Å². The van der Waals surface area contributed by atoms with Gasteiger partial charge in [-0.25, -0.2) is 4.79 Å². The van der Waals surface area contributed by atoms with Crippen LogP contribution >= 0.6 is 11.6 Å². The van der Waals surface area contributed by atoms with Crippen LogP contribution in [-0.4, -0.2) is 40.2 Å². The number of anilines is 1. The topological polar surface area (TPSA) is 74.7 Å². The Morgan fingerprint density at radius 1 is 1.40 bits per heavy atom. The minimum absolute atomic E-state index is 0.0194. The van der Waals surface area contributed by atoms with Crippen LogP contribution in [0.3, 0.4) is 0 Å². The fourth-order valence-corrected chi connectivity index (χ4v) is 3.05. The lowest BCUT2D eigenvalue weighted by atomic mass is 10.2. The summed E-state index contributed by atoms with van der Waals surface area (Å²) >= 11 is 6.24. The highest BCUT2D eigenvalue weighted by molar-refractivity contribution is 6.32. The van der Waals surface area contributed by atoms with Gasteiger partial charge in [-0.2, -0.15) is 0 Å². The largest absolute Gasteiger partial charge is 0.486 e. The molecule has 0 unspecified atom stereocenters. The number of benzene rings is 1. The van der Waals surface area contributed by atoms with E-state index in [1.54, 1.807) is 29.3 Å². The summed E-state index contributed by atoms with van der Waals surface area (Å²) in [5, 5.41) is 12.5. The van der Waals surface area contributed by atoms with Gasteiger partial charge in [-0.15, -0.1) is 0 Å². The van der Waals surface area contributed by atoms with E-state index < -0.39 is 0 Å². The van der Waals surface area contributed by atoms with E-state index in [4.69, 9.17) is 16.3 Å². The Kier molecular flexibility index (Phi) is 5.73. The maximum absolute atomic E-state index is 12.3. The second kappa shape index (κ2) is 8.18. The smallest absolute Gasteiger partial charge is 0.322 e. The third-order valence-corrected chi connectivity index (χ3v) is 4.43. The summed E-state index contributed by atoms with van der Waals surface area (Å²) in [5.41, 5.74) is 1.39. The Hall–Kier alpha value is -2.31. The third-order valence-electron chi connectivity index (χ3n) is 4.13. The molecule has 1 aliphatic rings. The number of aromatic nitrogens is 1. The summed E-state index contributed by atoms with van der Waals surface area (Å²) in [5.74, 6) is 0.528. The van der Waals surface area contributed by atoms with Crippen molar-refractivity contribution in [3.63, 3.8) is 0 Å². The predicted molar refractivity (Wildman–Crippen MR) is 95.9 cm³/mol. The van der Waals surface area contributed by atoms with Crippen molar-refractivity contribution in [2.45, 2.75) is 25.5 Å². The first-order valence-electron chi connectivity index (χ1n) is 8.18. The van der Waals surface area contributed by atoms with Crippen LogP contribution in [-0.2, 0) is 6.61 Å². The van der Waals surface area contributed by atoms with Crippen molar-refractivity contribution in [1.29, 1.82) is 0 Å². The molecule has 2 amide bonds. The zero-order valence-electron chi connectivity index (χ0n) is 13.7. The first-order chi connectivity index (χ1) is 12.2. The molecule has 1 atom stereocenters. The SMILES string of the molecule is O=C(Nc1ccc(OCc2ccccn2)c(Cl)c1)N1CCC[C@H]1CO. The van der Waals surface area contributed by atoms with Gasteiger partial charge in [-0.05, 0) is 43.2 Å². The van der Waals surface area contributed by atoms with E-state index in [1.807, 2.05) is 18.2 Å². The number of halogens is 1. The van der Waals surface area contributed by atoms with Crippen LogP contribution in [0.25, 0.3) is 0 Å². The molecule has 1 fully saturated rings. The van der Waals surface area contributed by atoms with Crippen molar-refractivity contribution in [1.82, 2.24) is 9.88 Å². The molecule has 1 saturated heterocycles. The molecule has 0 saturated carbocycles. The number of carbonyl (C=O) groups is 1. The summed E-state index contributed by atoms with van der Waals surface area (Å²) in [6, 6.07) is 10.4. The van der Waals surface area contributed by atoms with Gasteiger partial charge in [0.15, 0.2) is 0 Å². The monoisotopic (exact) mass is 361 g/mol. The molecule has 1 aromatic carbocycles. The number of carbonyl (C=O) groups excluding carboxylic acids is 1. The van der Waals surface area contributed by atoms with Crippen LogP contribution in [0.4, 0.5) is 10.5 Å². The number of nitrogens with one attached hydrogen (secondary N) is 1. The van der Waals surface area contributed by atoms with E-state index in [9.17, 15) is 9.90 Å². The summed E-state index contributed by atoms with van der Waals surface area (Å²) in [4.78, 5) is 18.2.